The second-order valence-electron chi connectivity index (χ2n) is 5.89. The van der Waals surface area contributed by atoms with E-state index in [0.717, 1.165) is 18.4 Å². The van der Waals surface area contributed by atoms with Gasteiger partial charge in [-0.1, -0.05) is 25.0 Å². The summed E-state index contributed by atoms with van der Waals surface area (Å²) in [5, 5.41) is 9.40. The van der Waals surface area contributed by atoms with Crippen molar-refractivity contribution in [3.63, 3.8) is 0 Å². The van der Waals surface area contributed by atoms with Crippen LogP contribution in [0.4, 0.5) is 0 Å². The van der Waals surface area contributed by atoms with Crippen molar-refractivity contribution >= 4 is 16.0 Å². The summed E-state index contributed by atoms with van der Waals surface area (Å²) in [6, 6.07) is 5.22. The fourth-order valence-electron chi connectivity index (χ4n) is 2.83. The summed E-state index contributed by atoms with van der Waals surface area (Å²) in [6.45, 7) is 3.52. The number of benzene rings is 1. The van der Waals surface area contributed by atoms with E-state index in [1.807, 2.05) is 13.0 Å². The maximum atomic E-state index is 12.4. The molecule has 0 aromatic heterocycles. The van der Waals surface area contributed by atoms with Crippen LogP contribution in [0.1, 0.15) is 36.8 Å². The average Bonchev–Trinajstić information content (AvgIpc) is 2.89. The first-order chi connectivity index (χ1) is 9.77. The molecule has 1 fully saturated rings. The van der Waals surface area contributed by atoms with Crippen molar-refractivity contribution in [1.29, 1.82) is 0 Å². The maximum Gasteiger partial charge on any atom is 0.310 e. The monoisotopic (exact) mass is 311 g/mol. The lowest BCUT2D eigenvalue weighted by molar-refractivity contribution is -0.148. The Morgan fingerprint density at radius 3 is 2.48 bits per heavy atom. The van der Waals surface area contributed by atoms with Gasteiger partial charge in [0.05, 0.1) is 10.3 Å². The van der Waals surface area contributed by atoms with Gasteiger partial charge < -0.3 is 5.11 Å². The number of hydrogen-bond donors (Lipinski definition) is 2. The minimum absolute atomic E-state index is 0.0436. The van der Waals surface area contributed by atoms with Gasteiger partial charge >= 0.3 is 5.97 Å². The van der Waals surface area contributed by atoms with E-state index >= 15 is 0 Å². The molecule has 0 bridgehead atoms. The summed E-state index contributed by atoms with van der Waals surface area (Å²) >= 11 is 0. The van der Waals surface area contributed by atoms with Crippen LogP contribution < -0.4 is 4.72 Å². The first-order valence-electron chi connectivity index (χ1n) is 7.07. The fourth-order valence-corrected chi connectivity index (χ4v) is 4.28. The smallest absolute Gasteiger partial charge is 0.310 e. The minimum atomic E-state index is -3.69. The van der Waals surface area contributed by atoms with Crippen LogP contribution in [0, 0.1) is 19.3 Å². The third-order valence-electron chi connectivity index (χ3n) is 4.25. The molecule has 1 aromatic rings. The Morgan fingerprint density at radius 1 is 1.29 bits per heavy atom. The normalized spacial score (nSPS) is 17.8. The number of nitrogens with one attached hydrogen (secondary N) is 1. The van der Waals surface area contributed by atoms with E-state index in [1.165, 1.54) is 0 Å². The molecule has 6 heteroatoms. The number of carbonyl (C=O) groups is 1. The number of carboxylic acids is 1. The lowest BCUT2D eigenvalue weighted by Gasteiger charge is -2.24. The zero-order valence-corrected chi connectivity index (χ0v) is 13.2. The van der Waals surface area contributed by atoms with Crippen molar-refractivity contribution in [1.82, 2.24) is 4.72 Å². The molecule has 0 heterocycles. The molecule has 5 nitrogen and oxygen atoms in total. The molecule has 2 N–H and O–H groups in total. The van der Waals surface area contributed by atoms with Gasteiger partial charge in [-0.25, -0.2) is 13.1 Å². The van der Waals surface area contributed by atoms with Crippen LogP contribution in [-0.2, 0) is 14.8 Å². The molecule has 21 heavy (non-hydrogen) atoms. The Kier molecular flexibility index (Phi) is 4.39. The predicted octanol–water partition coefficient (Wildman–Crippen LogP) is 2.23. The van der Waals surface area contributed by atoms with E-state index in [2.05, 4.69) is 4.72 Å². The van der Waals surface area contributed by atoms with Gasteiger partial charge in [-0.05, 0) is 43.9 Å². The Morgan fingerprint density at radius 2 is 1.90 bits per heavy atom. The van der Waals surface area contributed by atoms with E-state index in [1.54, 1.807) is 19.1 Å². The largest absolute Gasteiger partial charge is 0.481 e. The van der Waals surface area contributed by atoms with Crippen LogP contribution in [0.3, 0.4) is 0 Å². The van der Waals surface area contributed by atoms with Crippen LogP contribution in [0.2, 0.25) is 0 Å². The van der Waals surface area contributed by atoms with Gasteiger partial charge in [0.1, 0.15) is 0 Å². The molecule has 0 amide bonds. The number of carboxylic acid groups (broad SMARTS) is 1. The molecule has 1 saturated carbocycles. The van der Waals surface area contributed by atoms with Crippen molar-refractivity contribution in [3.05, 3.63) is 29.3 Å². The average molecular weight is 311 g/mol. The summed E-state index contributed by atoms with van der Waals surface area (Å²) in [6.07, 6.45) is 2.71. The first kappa shape index (κ1) is 16.0. The van der Waals surface area contributed by atoms with Gasteiger partial charge in [-0.3, -0.25) is 4.79 Å². The number of hydrogen-bond acceptors (Lipinski definition) is 3. The SMILES string of the molecule is Cc1ccc(C)c(S(=O)(=O)NCC2(C(=O)O)CCCC2)c1. The van der Waals surface area contributed by atoms with Crippen molar-refractivity contribution < 1.29 is 18.3 Å². The Balaban J connectivity index is 2.22. The van der Waals surface area contributed by atoms with Crippen LogP contribution in [0.25, 0.3) is 0 Å². The second-order valence-corrected chi connectivity index (χ2v) is 7.62. The van der Waals surface area contributed by atoms with E-state index in [0.29, 0.717) is 18.4 Å². The van der Waals surface area contributed by atoms with Gasteiger partial charge in [-0.2, -0.15) is 0 Å². The molecule has 0 aliphatic heterocycles. The second kappa shape index (κ2) is 5.77. The summed E-state index contributed by atoms with van der Waals surface area (Å²) in [4.78, 5) is 11.7. The van der Waals surface area contributed by atoms with Crippen LogP contribution in [0.15, 0.2) is 23.1 Å². The van der Waals surface area contributed by atoms with Gasteiger partial charge in [0.2, 0.25) is 10.0 Å². The minimum Gasteiger partial charge on any atom is -0.481 e. The van der Waals surface area contributed by atoms with Crippen molar-refractivity contribution in [2.45, 2.75) is 44.4 Å². The molecular formula is C15H21NO4S. The summed E-state index contributed by atoms with van der Waals surface area (Å²) in [5.41, 5.74) is 0.559. The molecule has 1 aromatic carbocycles. The first-order valence-corrected chi connectivity index (χ1v) is 8.55. The van der Waals surface area contributed by atoms with Gasteiger partial charge in [-0.15, -0.1) is 0 Å². The summed E-state index contributed by atoms with van der Waals surface area (Å²) in [5.74, 6) is -0.913. The molecular weight excluding hydrogens is 290 g/mol. The van der Waals surface area contributed by atoms with Crippen LogP contribution in [0.5, 0.6) is 0 Å². The highest BCUT2D eigenvalue weighted by Crippen LogP contribution is 2.38. The molecule has 0 atom stereocenters. The molecule has 1 aliphatic rings. The Bertz CT molecular complexity index is 646. The van der Waals surface area contributed by atoms with Gasteiger partial charge in [0.25, 0.3) is 0 Å². The highest BCUT2D eigenvalue weighted by Gasteiger charge is 2.42. The quantitative estimate of drug-likeness (QED) is 0.873. The molecule has 1 aliphatic carbocycles. The highest BCUT2D eigenvalue weighted by atomic mass is 32.2. The number of rotatable bonds is 5. The van der Waals surface area contributed by atoms with Gasteiger partial charge in [0.15, 0.2) is 0 Å². The Labute approximate surface area is 125 Å². The molecule has 2 rings (SSSR count). The van der Waals surface area contributed by atoms with Gasteiger partial charge in [0, 0.05) is 6.54 Å². The molecule has 0 spiro atoms. The third kappa shape index (κ3) is 3.27. The van der Waals surface area contributed by atoms with Crippen molar-refractivity contribution in [2.24, 2.45) is 5.41 Å². The highest BCUT2D eigenvalue weighted by molar-refractivity contribution is 7.89. The predicted molar refractivity (Wildman–Crippen MR) is 79.6 cm³/mol. The number of aliphatic carboxylic acids is 1. The van der Waals surface area contributed by atoms with Crippen molar-refractivity contribution in [3.8, 4) is 0 Å². The zero-order chi connectivity index (χ0) is 15.7. The molecule has 0 radical (unpaired) electrons. The van der Waals surface area contributed by atoms with Crippen molar-refractivity contribution in [2.75, 3.05) is 6.54 Å². The fraction of sp³-hybridized carbons (Fsp3) is 0.533. The topological polar surface area (TPSA) is 83.5 Å². The summed E-state index contributed by atoms with van der Waals surface area (Å²) in [7, 11) is -3.69. The maximum absolute atomic E-state index is 12.4. The number of aryl methyl sites for hydroxylation is 2. The lowest BCUT2D eigenvalue weighted by Crippen LogP contribution is -2.41. The standard InChI is InChI=1S/C15H21NO4S/c1-11-5-6-12(2)13(9-11)21(19,20)16-10-15(14(17)18)7-3-4-8-15/h5-6,9,16H,3-4,7-8,10H2,1-2H3,(H,17,18). The Hall–Kier alpha value is -1.40. The molecule has 0 unspecified atom stereocenters. The lowest BCUT2D eigenvalue weighted by atomic mass is 9.87. The van der Waals surface area contributed by atoms with E-state index in [9.17, 15) is 18.3 Å². The molecule has 116 valence electrons. The van der Waals surface area contributed by atoms with E-state index < -0.39 is 21.4 Å². The third-order valence-corrected chi connectivity index (χ3v) is 5.79. The van der Waals surface area contributed by atoms with E-state index in [4.69, 9.17) is 0 Å². The zero-order valence-electron chi connectivity index (χ0n) is 12.3. The number of sulfonamides is 1. The van der Waals surface area contributed by atoms with Crippen LogP contribution in [-0.4, -0.2) is 26.0 Å². The van der Waals surface area contributed by atoms with E-state index in [-0.39, 0.29) is 11.4 Å². The summed E-state index contributed by atoms with van der Waals surface area (Å²) < 4.78 is 27.3. The van der Waals surface area contributed by atoms with Crippen LogP contribution >= 0.6 is 0 Å². The molecule has 0 saturated heterocycles.